The normalized spacial score (nSPS) is 10.4. The van der Waals surface area contributed by atoms with E-state index in [0.717, 1.165) is 11.8 Å². The molecule has 0 saturated carbocycles. The van der Waals surface area contributed by atoms with Crippen LogP contribution in [0.2, 0.25) is 0 Å². The molecule has 1 aromatic carbocycles. The summed E-state index contributed by atoms with van der Waals surface area (Å²) in [5.41, 5.74) is 3.29. The molecule has 9 heteroatoms. The van der Waals surface area contributed by atoms with Crippen molar-refractivity contribution in [2.75, 3.05) is 12.0 Å². The smallest absolute Gasteiger partial charge is 0.341 e. The number of ether oxygens (including phenoxy) is 1. The van der Waals surface area contributed by atoms with Gasteiger partial charge in [0.05, 0.1) is 11.1 Å². The lowest BCUT2D eigenvalue weighted by atomic mass is 10.2. The maximum atomic E-state index is 10.5. The molecule has 23 heavy (non-hydrogen) atoms. The van der Waals surface area contributed by atoms with Gasteiger partial charge in [-0.3, -0.25) is 15.5 Å². The van der Waals surface area contributed by atoms with E-state index in [9.17, 15) is 14.9 Å². The monoisotopic (exact) mass is 316 g/mol. The van der Waals surface area contributed by atoms with E-state index in [1.54, 1.807) is 24.3 Å². The van der Waals surface area contributed by atoms with Crippen LogP contribution < -0.4 is 10.2 Å². The lowest BCUT2D eigenvalue weighted by Gasteiger charge is -2.02. The van der Waals surface area contributed by atoms with E-state index >= 15 is 0 Å². The van der Waals surface area contributed by atoms with Crippen LogP contribution in [0, 0.1) is 10.1 Å². The first-order chi connectivity index (χ1) is 11.0. The van der Waals surface area contributed by atoms with E-state index < -0.39 is 17.5 Å². The molecule has 0 bridgehead atoms. The summed E-state index contributed by atoms with van der Waals surface area (Å²) in [5.74, 6) is -0.238. The summed E-state index contributed by atoms with van der Waals surface area (Å²) in [6, 6.07) is 9.40. The maximum Gasteiger partial charge on any atom is 0.341 e. The minimum absolute atomic E-state index is 0.100. The number of hydrogen-bond acceptors (Lipinski definition) is 7. The Bertz CT molecular complexity index is 713. The first-order valence-corrected chi connectivity index (χ1v) is 6.39. The van der Waals surface area contributed by atoms with Crippen molar-refractivity contribution in [1.29, 1.82) is 0 Å². The van der Waals surface area contributed by atoms with Crippen LogP contribution in [0.15, 0.2) is 47.7 Å². The van der Waals surface area contributed by atoms with Crippen molar-refractivity contribution in [2.24, 2.45) is 5.10 Å². The van der Waals surface area contributed by atoms with E-state index in [2.05, 4.69) is 15.5 Å². The molecule has 0 aliphatic heterocycles. The highest BCUT2D eigenvalue weighted by Crippen LogP contribution is 2.12. The largest absolute Gasteiger partial charge is 0.482 e. The fraction of sp³-hybridized carbons (Fsp3) is 0.0714. The van der Waals surface area contributed by atoms with Gasteiger partial charge in [-0.1, -0.05) is 0 Å². The van der Waals surface area contributed by atoms with Crippen LogP contribution >= 0.6 is 0 Å². The molecule has 0 aliphatic rings. The van der Waals surface area contributed by atoms with Crippen LogP contribution in [0.5, 0.6) is 5.75 Å². The Labute approximate surface area is 130 Å². The molecule has 0 aliphatic carbocycles. The molecule has 9 nitrogen and oxygen atoms in total. The lowest BCUT2D eigenvalue weighted by Crippen LogP contribution is -2.09. The summed E-state index contributed by atoms with van der Waals surface area (Å²) in [6.07, 6.45) is 2.65. The van der Waals surface area contributed by atoms with Crippen molar-refractivity contribution in [3.8, 4) is 5.75 Å². The van der Waals surface area contributed by atoms with Gasteiger partial charge in [-0.15, -0.1) is 0 Å². The number of hydrazone groups is 1. The maximum absolute atomic E-state index is 10.5. The molecule has 2 N–H and O–H groups in total. The van der Waals surface area contributed by atoms with Crippen molar-refractivity contribution in [3.05, 3.63) is 58.3 Å². The van der Waals surface area contributed by atoms with Crippen LogP contribution in [0.1, 0.15) is 5.56 Å². The van der Waals surface area contributed by atoms with Crippen LogP contribution in [0.3, 0.4) is 0 Å². The van der Waals surface area contributed by atoms with Gasteiger partial charge in [0.1, 0.15) is 17.8 Å². The zero-order valence-electron chi connectivity index (χ0n) is 11.7. The van der Waals surface area contributed by atoms with E-state index in [1.807, 2.05) is 0 Å². The van der Waals surface area contributed by atoms with Crippen LogP contribution in [0.4, 0.5) is 11.5 Å². The Kier molecular flexibility index (Phi) is 5.18. The predicted octanol–water partition coefficient (Wildman–Crippen LogP) is 1.90. The van der Waals surface area contributed by atoms with Crippen molar-refractivity contribution >= 4 is 23.7 Å². The minimum Gasteiger partial charge on any atom is -0.482 e. The molecular formula is C14H12N4O5. The van der Waals surface area contributed by atoms with Gasteiger partial charge >= 0.3 is 5.97 Å². The fourth-order valence-corrected chi connectivity index (χ4v) is 1.53. The topological polar surface area (TPSA) is 127 Å². The number of carboxylic acids is 1. The number of anilines is 1. The lowest BCUT2D eigenvalue weighted by molar-refractivity contribution is -0.385. The van der Waals surface area contributed by atoms with Crippen LogP contribution in [-0.2, 0) is 4.79 Å². The molecule has 1 heterocycles. The van der Waals surface area contributed by atoms with Gasteiger partial charge in [-0.25, -0.2) is 9.78 Å². The number of nitro groups is 1. The second-order valence-corrected chi connectivity index (χ2v) is 4.28. The second kappa shape index (κ2) is 7.50. The Balaban J connectivity index is 1.90. The number of aromatic nitrogens is 1. The number of nitrogens with one attached hydrogen (secondary N) is 1. The highest BCUT2D eigenvalue weighted by Gasteiger charge is 2.04. The van der Waals surface area contributed by atoms with E-state index in [0.29, 0.717) is 11.6 Å². The molecule has 0 saturated heterocycles. The minimum atomic E-state index is -1.05. The van der Waals surface area contributed by atoms with Crippen LogP contribution in [-0.4, -0.2) is 33.8 Å². The van der Waals surface area contributed by atoms with Gasteiger partial charge < -0.3 is 9.84 Å². The number of benzene rings is 1. The van der Waals surface area contributed by atoms with Gasteiger partial charge in [0.2, 0.25) is 0 Å². The number of carboxylic acid groups (broad SMARTS) is 1. The van der Waals surface area contributed by atoms with Gasteiger partial charge in [-0.05, 0) is 35.9 Å². The highest BCUT2D eigenvalue weighted by molar-refractivity contribution is 5.80. The Morgan fingerprint density at radius 2 is 2.09 bits per heavy atom. The molecule has 0 atom stereocenters. The molecule has 0 amide bonds. The third kappa shape index (κ3) is 5.08. The molecule has 0 radical (unpaired) electrons. The number of pyridine rings is 1. The van der Waals surface area contributed by atoms with Gasteiger partial charge in [-0.2, -0.15) is 5.10 Å². The van der Waals surface area contributed by atoms with Gasteiger partial charge in [0.15, 0.2) is 6.61 Å². The SMILES string of the molecule is O=C(O)COc1ccc(/C=N/Nc2ccc([N+](=O)[O-])cn2)cc1. The Morgan fingerprint density at radius 1 is 1.35 bits per heavy atom. The third-order valence-corrected chi connectivity index (χ3v) is 2.59. The first-order valence-electron chi connectivity index (χ1n) is 6.39. The number of nitrogens with zero attached hydrogens (tertiary/aromatic N) is 3. The summed E-state index contributed by atoms with van der Waals surface area (Å²) < 4.78 is 5.00. The molecular weight excluding hydrogens is 304 g/mol. The summed E-state index contributed by atoms with van der Waals surface area (Å²) >= 11 is 0. The third-order valence-electron chi connectivity index (χ3n) is 2.59. The molecule has 2 aromatic rings. The predicted molar refractivity (Wildman–Crippen MR) is 81.7 cm³/mol. The molecule has 0 unspecified atom stereocenters. The quantitative estimate of drug-likeness (QED) is 0.453. The summed E-state index contributed by atoms with van der Waals surface area (Å²) in [4.78, 5) is 24.2. The van der Waals surface area contributed by atoms with Gasteiger partial charge in [0, 0.05) is 6.07 Å². The first kappa shape index (κ1) is 15.9. The zero-order valence-corrected chi connectivity index (χ0v) is 11.7. The Hall–Kier alpha value is -3.49. The molecule has 2 rings (SSSR count). The second-order valence-electron chi connectivity index (χ2n) is 4.28. The number of aliphatic carboxylic acids is 1. The van der Waals surface area contributed by atoms with Crippen molar-refractivity contribution in [3.63, 3.8) is 0 Å². The number of rotatable bonds is 7. The summed E-state index contributed by atoms with van der Waals surface area (Å²) in [7, 11) is 0. The van der Waals surface area contributed by atoms with E-state index in [4.69, 9.17) is 9.84 Å². The molecule has 118 valence electrons. The van der Waals surface area contributed by atoms with Crippen molar-refractivity contribution in [2.45, 2.75) is 0 Å². The van der Waals surface area contributed by atoms with Crippen molar-refractivity contribution in [1.82, 2.24) is 4.98 Å². The fourth-order valence-electron chi connectivity index (χ4n) is 1.53. The number of hydrogen-bond donors (Lipinski definition) is 2. The van der Waals surface area contributed by atoms with E-state index in [1.165, 1.54) is 18.3 Å². The molecule has 0 fully saturated rings. The standard InChI is InChI=1S/C14H12N4O5/c19-14(20)9-23-12-4-1-10(2-5-12)7-16-17-13-6-3-11(8-15-13)18(21)22/h1-8H,9H2,(H,15,17)(H,19,20)/b16-7+. The average Bonchev–Trinajstić information content (AvgIpc) is 2.54. The number of carbonyl (C=O) groups is 1. The van der Waals surface area contributed by atoms with Crippen molar-refractivity contribution < 1.29 is 19.6 Å². The zero-order chi connectivity index (χ0) is 16.7. The summed E-state index contributed by atoms with van der Waals surface area (Å²) in [6.45, 7) is -0.402. The summed E-state index contributed by atoms with van der Waals surface area (Å²) in [5, 5.41) is 22.9. The Morgan fingerprint density at radius 3 is 2.65 bits per heavy atom. The van der Waals surface area contributed by atoms with E-state index in [-0.39, 0.29) is 5.69 Å². The molecule has 0 spiro atoms. The van der Waals surface area contributed by atoms with Crippen LogP contribution in [0.25, 0.3) is 0 Å². The molecule has 1 aromatic heterocycles. The highest BCUT2D eigenvalue weighted by atomic mass is 16.6. The average molecular weight is 316 g/mol. The van der Waals surface area contributed by atoms with Gasteiger partial charge in [0.25, 0.3) is 5.69 Å².